The van der Waals surface area contributed by atoms with Crippen LogP contribution in [0.25, 0.3) is 0 Å². The van der Waals surface area contributed by atoms with Crippen LogP contribution >= 0.6 is 0 Å². The molecular formula is C18H20F2N2O4S. The number of amides is 1. The van der Waals surface area contributed by atoms with Gasteiger partial charge in [0.25, 0.3) is 5.91 Å². The number of carbonyl (C=O) groups is 1. The lowest BCUT2D eigenvalue weighted by atomic mass is 10.1. The molecule has 0 radical (unpaired) electrons. The van der Waals surface area contributed by atoms with E-state index in [9.17, 15) is 22.0 Å². The van der Waals surface area contributed by atoms with Gasteiger partial charge in [0.05, 0.1) is 17.2 Å². The Hall–Kier alpha value is -2.26. The number of hydrogen-bond donors (Lipinski definition) is 1. The van der Waals surface area contributed by atoms with E-state index in [-0.39, 0.29) is 11.6 Å². The fraction of sp³-hybridized carbons (Fsp3) is 0.389. The van der Waals surface area contributed by atoms with Crippen LogP contribution in [0.15, 0.2) is 52.0 Å². The average Bonchev–Trinajstić information content (AvgIpc) is 3.36. The number of hydrogen-bond acceptors (Lipinski definition) is 5. The quantitative estimate of drug-likeness (QED) is 0.776. The lowest BCUT2D eigenvalue weighted by Gasteiger charge is -2.26. The molecule has 1 unspecified atom stereocenters. The Labute approximate surface area is 156 Å². The van der Waals surface area contributed by atoms with E-state index in [0.29, 0.717) is 6.54 Å². The van der Waals surface area contributed by atoms with E-state index in [0.717, 1.165) is 43.8 Å². The minimum absolute atomic E-state index is 0.0927. The van der Waals surface area contributed by atoms with Crippen molar-refractivity contribution >= 4 is 15.7 Å². The van der Waals surface area contributed by atoms with Gasteiger partial charge in [-0.2, -0.15) is 8.78 Å². The Morgan fingerprint density at radius 2 is 1.81 bits per heavy atom. The summed E-state index contributed by atoms with van der Waals surface area (Å²) >= 11 is 0. The van der Waals surface area contributed by atoms with Crippen LogP contribution in [-0.4, -0.2) is 44.6 Å². The number of alkyl halides is 2. The van der Waals surface area contributed by atoms with Crippen molar-refractivity contribution in [2.75, 3.05) is 19.6 Å². The van der Waals surface area contributed by atoms with E-state index in [1.165, 1.54) is 12.1 Å². The Balaban J connectivity index is 1.67. The molecule has 1 amide bonds. The Bertz CT molecular complexity index is 861. The van der Waals surface area contributed by atoms with Gasteiger partial charge in [-0.25, -0.2) is 8.42 Å². The van der Waals surface area contributed by atoms with Crippen molar-refractivity contribution < 1.29 is 26.4 Å². The van der Waals surface area contributed by atoms with Crippen LogP contribution in [0.2, 0.25) is 0 Å². The number of halogens is 2. The van der Waals surface area contributed by atoms with Crippen LogP contribution in [0.5, 0.6) is 0 Å². The summed E-state index contributed by atoms with van der Waals surface area (Å²) in [7, 11) is -4.67. The zero-order valence-electron chi connectivity index (χ0n) is 14.5. The number of furan rings is 1. The fourth-order valence-corrected chi connectivity index (χ4v) is 3.86. The SMILES string of the molecule is O=C(NCC(c1ccco1)N1CCCC1)c1ccc(S(=O)(=O)C(F)F)cc1. The van der Waals surface area contributed by atoms with Crippen LogP contribution in [0, 0.1) is 0 Å². The van der Waals surface area contributed by atoms with E-state index in [2.05, 4.69) is 10.2 Å². The monoisotopic (exact) mass is 398 g/mol. The average molecular weight is 398 g/mol. The van der Waals surface area contributed by atoms with E-state index >= 15 is 0 Å². The first-order valence-electron chi connectivity index (χ1n) is 8.57. The molecule has 9 heteroatoms. The summed E-state index contributed by atoms with van der Waals surface area (Å²) in [5.74, 6) is -3.14. The second-order valence-electron chi connectivity index (χ2n) is 6.31. The van der Waals surface area contributed by atoms with Crippen molar-refractivity contribution in [1.82, 2.24) is 10.2 Å². The third-order valence-corrected chi connectivity index (χ3v) is 5.99. The highest BCUT2D eigenvalue weighted by molar-refractivity contribution is 7.91. The smallest absolute Gasteiger partial charge is 0.341 e. The Morgan fingerprint density at radius 1 is 1.15 bits per heavy atom. The molecular weight excluding hydrogens is 378 g/mol. The normalized spacial score (nSPS) is 16.6. The summed E-state index contributed by atoms with van der Waals surface area (Å²) in [6.07, 6.45) is 3.76. The van der Waals surface area contributed by atoms with Gasteiger partial charge in [0, 0.05) is 12.1 Å². The molecule has 146 valence electrons. The van der Waals surface area contributed by atoms with Gasteiger partial charge >= 0.3 is 5.76 Å². The van der Waals surface area contributed by atoms with Crippen LogP contribution in [0.4, 0.5) is 8.78 Å². The Kier molecular flexibility index (Phi) is 5.91. The van der Waals surface area contributed by atoms with Gasteiger partial charge in [0.1, 0.15) is 5.76 Å². The molecule has 1 aliphatic rings. The first kappa shape index (κ1) is 19.5. The summed E-state index contributed by atoms with van der Waals surface area (Å²) in [6.45, 7) is 2.16. The first-order chi connectivity index (χ1) is 12.9. The molecule has 1 aliphatic heterocycles. The molecule has 2 aromatic rings. The predicted molar refractivity (Wildman–Crippen MR) is 94.2 cm³/mol. The van der Waals surface area contributed by atoms with Crippen molar-refractivity contribution in [3.63, 3.8) is 0 Å². The highest BCUT2D eigenvalue weighted by atomic mass is 32.2. The van der Waals surface area contributed by atoms with Gasteiger partial charge in [-0.1, -0.05) is 0 Å². The Morgan fingerprint density at radius 3 is 2.37 bits per heavy atom. The van der Waals surface area contributed by atoms with Gasteiger partial charge in [0.2, 0.25) is 9.84 Å². The maximum atomic E-state index is 12.6. The molecule has 0 spiro atoms. The summed E-state index contributed by atoms with van der Waals surface area (Å²) in [5, 5.41) is 2.81. The van der Waals surface area contributed by atoms with Crippen molar-refractivity contribution in [2.24, 2.45) is 0 Å². The molecule has 1 N–H and O–H groups in total. The lowest BCUT2D eigenvalue weighted by molar-refractivity contribution is 0.0933. The van der Waals surface area contributed by atoms with Gasteiger partial charge in [-0.3, -0.25) is 9.69 Å². The molecule has 0 bridgehead atoms. The standard InChI is InChI=1S/C18H20F2N2O4S/c19-18(20)27(24,25)14-7-5-13(6-8-14)17(23)21-12-15(16-4-3-11-26-16)22-9-1-2-10-22/h3-8,11,15,18H,1-2,9-10,12H2,(H,21,23). The van der Waals surface area contributed by atoms with Gasteiger partial charge in [-0.05, 0) is 62.3 Å². The van der Waals surface area contributed by atoms with Crippen LogP contribution in [-0.2, 0) is 9.84 Å². The number of nitrogens with zero attached hydrogens (tertiary/aromatic N) is 1. The molecule has 3 rings (SSSR count). The van der Waals surface area contributed by atoms with Crippen LogP contribution in [0.1, 0.15) is 35.0 Å². The molecule has 1 atom stereocenters. The van der Waals surface area contributed by atoms with E-state index in [1.807, 2.05) is 6.07 Å². The van der Waals surface area contributed by atoms with Crippen molar-refractivity contribution in [2.45, 2.75) is 29.5 Å². The minimum atomic E-state index is -4.67. The highest BCUT2D eigenvalue weighted by Gasteiger charge is 2.27. The molecule has 6 nitrogen and oxygen atoms in total. The molecule has 27 heavy (non-hydrogen) atoms. The molecule has 1 saturated heterocycles. The van der Waals surface area contributed by atoms with Crippen molar-refractivity contribution in [1.29, 1.82) is 0 Å². The summed E-state index contributed by atoms with van der Waals surface area (Å²) in [4.78, 5) is 14.1. The number of carbonyl (C=O) groups excluding carboxylic acids is 1. The maximum absolute atomic E-state index is 12.6. The maximum Gasteiger partial charge on any atom is 0.341 e. The van der Waals surface area contributed by atoms with E-state index in [1.54, 1.807) is 12.3 Å². The third-order valence-electron chi connectivity index (χ3n) is 4.59. The zero-order valence-corrected chi connectivity index (χ0v) is 15.3. The second-order valence-corrected chi connectivity index (χ2v) is 8.23. The fourth-order valence-electron chi connectivity index (χ4n) is 3.13. The van der Waals surface area contributed by atoms with Crippen molar-refractivity contribution in [3.8, 4) is 0 Å². The summed E-state index contributed by atoms with van der Waals surface area (Å²) in [6, 6.07) is 8.04. The van der Waals surface area contributed by atoms with Crippen LogP contribution in [0.3, 0.4) is 0 Å². The third kappa shape index (κ3) is 4.36. The second kappa shape index (κ2) is 8.18. The van der Waals surface area contributed by atoms with Crippen molar-refractivity contribution in [3.05, 3.63) is 54.0 Å². The highest BCUT2D eigenvalue weighted by Crippen LogP contribution is 2.25. The van der Waals surface area contributed by atoms with Gasteiger partial charge in [0.15, 0.2) is 0 Å². The molecule has 2 heterocycles. The minimum Gasteiger partial charge on any atom is -0.468 e. The number of likely N-dealkylation sites (tertiary alicyclic amines) is 1. The zero-order chi connectivity index (χ0) is 19.4. The number of rotatable bonds is 7. The molecule has 1 fully saturated rings. The summed E-state index contributed by atoms with van der Waals surface area (Å²) in [5.41, 5.74) is 0.197. The van der Waals surface area contributed by atoms with E-state index in [4.69, 9.17) is 4.42 Å². The van der Waals surface area contributed by atoms with Gasteiger partial charge < -0.3 is 9.73 Å². The summed E-state index contributed by atoms with van der Waals surface area (Å²) < 4.78 is 53.5. The topological polar surface area (TPSA) is 79.6 Å². The molecule has 1 aromatic carbocycles. The predicted octanol–water partition coefficient (Wildman–Crippen LogP) is 2.84. The largest absolute Gasteiger partial charge is 0.468 e. The molecule has 1 aromatic heterocycles. The number of sulfone groups is 1. The lowest BCUT2D eigenvalue weighted by Crippen LogP contribution is -2.36. The van der Waals surface area contributed by atoms with E-state index < -0.39 is 26.4 Å². The molecule has 0 saturated carbocycles. The van der Waals surface area contributed by atoms with Crippen LogP contribution < -0.4 is 5.32 Å². The first-order valence-corrected chi connectivity index (χ1v) is 10.1. The van der Waals surface area contributed by atoms with Gasteiger partial charge in [-0.15, -0.1) is 0 Å². The number of nitrogens with one attached hydrogen (secondary N) is 1. The molecule has 0 aliphatic carbocycles. The number of benzene rings is 1.